The molecule has 0 bridgehead atoms. The van der Waals surface area contributed by atoms with Crippen molar-refractivity contribution in [2.24, 2.45) is 0 Å². The number of nitrogens with zero attached hydrogens (tertiary/aromatic N) is 1. The standard InChI is InChI=1S/C12H18ClN3O2/c1-9(5-7-17)16-12(18)14-6-4-10-2-3-11(13)15-8-10/h2-3,8-9,17H,4-7H2,1H3,(H2,14,16,18)/t9-/m1/s1. The third-order valence-corrected chi connectivity index (χ3v) is 2.65. The van der Waals surface area contributed by atoms with Gasteiger partial charge in [0.15, 0.2) is 0 Å². The highest BCUT2D eigenvalue weighted by Crippen LogP contribution is 2.05. The Kier molecular flexibility index (Phi) is 6.46. The molecule has 2 amide bonds. The molecule has 0 saturated carbocycles. The van der Waals surface area contributed by atoms with Crippen molar-refractivity contribution in [1.82, 2.24) is 15.6 Å². The second-order valence-corrected chi connectivity index (χ2v) is 4.44. The van der Waals surface area contributed by atoms with Gasteiger partial charge in [0.1, 0.15) is 5.15 Å². The summed E-state index contributed by atoms with van der Waals surface area (Å²) in [5, 5.41) is 14.6. The van der Waals surface area contributed by atoms with Gasteiger partial charge in [-0.15, -0.1) is 0 Å². The van der Waals surface area contributed by atoms with Crippen LogP contribution in [0.2, 0.25) is 5.15 Å². The minimum Gasteiger partial charge on any atom is -0.396 e. The van der Waals surface area contributed by atoms with Gasteiger partial charge in [-0.1, -0.05) is 17.7 Å². The third-order valence-electron chi connectivity index (χ3n) is 2.43. The molecule has 0 spiro atoms. The summed E-state index contributed by atoms with van der Waals surface area (Å²) >= 11 is 5.67. The summed E-state index contributed by atoms with van der Waals surface area (Å²) in [6, 6.07) is 3.34. The fraction of sp³-hybridized carbons (Fsp3) is 0.500. The van der Waals surface area contributed by atoms with Gasteiger partial charge in [-0.3, -0.25) is 0 Å². The van der Waals surface area contributed by atoms with E-state index in [1.165, 1.54) is 0 Å². The molecule has 0 radical (unpaired) electrons. The van der Waals surface area contributed by atoms with E-state index in [2.05, 4.69) is 15.6 Å². The molecule has 1 aromatic heterocycles. The molecule has 0 aliphatic carbocycles. The number of pyridine rings is 1. The topological polar surface area (TPSA) is 74.2 Å². The molecule has 0 saturated heterocycles. The zero-order valence-electron chi connectivity index (χ0n) is 10.3. The Morgan fingerprint density at radius 3 is 2.94 bits per heavy atom. The summed E-state index contributed by atoms with van der Waals surface area (Å²) in [7, 11) is 0. The predicted octanol–water partition coefficient (Wildman–Crippen LogP) is 1.35. The first kappa shape index (κ1) is 14.7. The van der Waals surface area contributed by atoms with Crippen LogP contribution in [0, 0.1) is 0 Å². The van der Waals surface area contributed by atoms with Gasteiger partial charge in [0.2, 0.25) is 0 Å². The average molecular weight is 272 g/mol. The zero-order valence-corrected chi connectivity index (χ0v) is 11.1. The fourth-order valence-electron chi connectivity index (χ4n) is 1.42. The first-order valence-electron chi connectivity index (χ1n) is 5.87. The van der Waals surface area contributed by atoms with Crippen molar-refractivity contribution in [1.29, 1.82) is 0 Å². The molecule has 100 valence electrons. The third kappa shape index (κ3) is 5.84. The second-order valence-electron chi connectivity index (χ2n) is 4.05. The van der Waals surface area contributed by atoms with Gasteiger partial charge in [-0.25, -0.2) is 9.78 Å². The van der Waals surface area contributed by atoms with Gasteiger partial charge in [0.25, 0.3) is 0 Å². The number of aromatic nitrogens is 1. The molecule has 18 heavy (non-hydrogen) atoms. The van der Waals surface area contributed by atoms with E-state index < -0.39 is 0 Å². The molecule has 6 heteroatoms. The van der Waals surface area contributed by atoms with Gasteiger partial charge in [0, 0.05) is 25.4 Å². The van der Waals surface area contributed by atoms with Crippen molar-refractivity contribution < 1.29 is 9.90 Å². The summed E-state index contributed by atoms with van der Waals surface area (Å²) in [5.41, 5.74) is 1.02. The first-order chi connectivity index (χ1) is 8.61. The molecule has 3 N–H and O–H groups in total. The summed E-state index contributed by atoms with van der Waals surface area (Å²) in [4.78, 5) is 15.4. The molecule has 0 aliphatic heterocycles. The lowest BCUT2D eigenvalue weighted by Gasteiger charge is -2.13. The lowest BCUT2D eigenvalue weighted by Crippen LogP contribution is -2.41. The van der Waals surface area contributed by atoms with Crippen LogP contribution in [0.15, 0.2) is 18.3 Å². The molecule has 1 heterocycles. The maximum absolute atomic E-state index is 11.4. The molecule has 0 fully saturated rings. The Bertz CT molecular complexity index is 370. The van der Waals surface area contributed by atoms with E-state index in [0.29, 0.717) is 24.5 Å². The van der Waals surface area contributed by atoms with Crippen LogP contribution >= 0.6 is 11.6 Å². The lowest BCUT2D eigenvalue weighted by molar-refractivity contribution is 0.231. The molecule has 1 atom stereocenters. The van der Waals surface area contributed by atoms with Gasteiger partial charge in [-0.05, 0) is 31.4 Å². The molecule has 0 aromatic carbocycles. The molecule has 1 rings (SSSR count). The van der Waals surface area contributed by atoms with E-state index in [0.717, 1.165) is 5.56 Å². The van der Waals surface area contributed by atoms with E-state index >= 15 is 0 Å². The Balaban J connectivity index is 2.21. The number of urea groups is 1. The highest BCUT2D eigenvalue weighted by atomic mass is 35.5. The number of aliphatic hydroxyl groups is 1. The van der Waals surface area contributed by atoms with Crippen LogP contribution in [-0.2, 0) is 6.42 Å². The number of hydrogen-bond acceptors (Lipinski definition) is 3. The van der Waals surface area contributed by atoms with Crippen LogP contribution in [-0.4, -0.2) is 35.3 Å². The SMILES string of the molecule is C[C@H](CCO)NC(=O)NCCc1ccc(Cl)nc1. The van der Waals surface area contributed by atoms with Gasteiger partial charge in [-0.2, -0.15) is 0 Å². The van der Waals surface area contributed by atoms with E-state index in [9.17, 15) is 4.79 Å². The van der Waals surface area contributed by atoms with Crippen LogP contribution in [0.3, 0.4) is 0 Å². The number of rotatable bonds is 6. The number of amides is 2. The average Bonchev–Trinajstić information content (AvgIpc) is 2.32. The van der Waals surface area contributed by atoms with Crippen molar-refractivity contribution in [3.05, 3.63) is 29.0 Å². The number of carbonyl (C=O) groups excluding carboxylic acids is 1. The van der Waals surface area contributed by atoms with Crippen LogP contribution in [0.5, 0.6) is 0 Å². The summed E-state index contributed by atoms with van der Waals surface area (Å²) in [6.45, 7) is 2.44. The van der Waals surface area contributed by atoms with Crippen molar-refractivity contribution in [3.63, 3.8) is 0 Å². The molecular weight excluding hydrogens is 254 g/mol. The molecule has 1 aromatic rings. The number of nitrogens with one attached hydrogen (secondary N) is 2. The van der Waals surface area contributed by atoms with Crippen molar-refractivity contribution >= 4 is 17.6 Å². The van der Waals surface area contributed by atoms with Crippen LogP contribution in [0.4, 0.5) is 4.79 Å². The van der Waals surface area contributed by atoms with E-state index in [1.807, 2.05) is 13.0 Å². The number of hydrogen-bond donors (Lipinski definition) is 3. The predicted molar refractivity (Wildman–Crippen MR) is 70.7 cm³/mol. The minimum absolute atomic E-state index is 0.0350. The van der Waals surface area contributed by atoms with E-state index in [-0.39, 0.29) is 18.7 Å². The quantitative estimate of drug-likeness (QED) is 0.684. The highest BCUT2D eigenvalue weighted by Gasteiger charge is 2.05. The van der Waals surface area contributed by atoms with Gasteiger partial charge in [0.05, 0.1) is 0 Å². The number of halogens is 1. The second kappa shape index (κ2) is 7.89. The van der Waals surface area contributed by atoms with Crippen LogP contribution in [0.1, 0.15) is 18.9 Å². The van der Waals surface area contributed by atoms with Gasteiger partial charge < -0.3 is 15.7 Å². The smallest absolute Gasteiger partial charge is 0.315 e. The largest absolute Gasteiger partial charge is 0.396 e. The van der Waals surface area contributed by atoms with Crippen LogP contribution < -0.4 is 10.6 Å². The Morgan fingerprint density at radius 1 is 1.56 bits per heavy atom. The summed E-state index contributed by atoms with van der Waals surface area (Å²) in [6.07, 6.45) is 2.94. The molecule has 0 unspecified atom stereocenters. The monoisotopic (exact) mass is 271 g/mol. The van der Waals surface area contributed by atoms with Crippen molar-refractivity contribution in [2.45, 2.75) is 25.8 Å². The Labute approximate surface area is 112 Å². The van der Waals surface area contributed by atoms with E-state index in [4.69, 9.17) is 16.7 Å². The fourth-order valence-corrected chi connectivity index (χ4v) is 1.53. The lowest BCUT2D eigenvalue weighted by atomic mass is 10.2. The summed E-state index contributed by atoms with van der Waals surface area (Å²) < 4.78 is 0. The molecule has 0 aliphatic rings. The van der Waals surface area contributed by atoms with Gasteiger partial charge >= 0.3 is 6.03 Å². The minimum atomic E-state index is -0.224. The molecular formula is C12H18ClN3O2. The number of aliphatic hydroxyl groups excluding tert-OH is 1. The number of carbonyl (C=O) groups is 1. The first-order valence-corrected chi connectivity index (χ1v) is 6.25. The normalized spacial score (nSPS) is 11.9. The highest BCUT2D eigenvalue weighted by molar-refractivity contribution is 6.29. The van der Waals surface area contributed by atoms with Crippen LogP contribution in [0.25, 0.3) is 0 Å². The Morgan fingerprint density at radius 2 is 2.33 bits per heavy atom. The summed E-state index contributed by atoms with van der Waals surface area (Å²) in [5.74, 6) is 0. The van der Waals surface area contributed by atoms with Crippen molar-refractivity contribution in [2.75, 3.05) is 13.2 Å². The maximum Gasteiger partial charge on any atom is 0.315 e. The molecule has 5 nitrogen and oxygen atoms in total. The zero-order chi connectivity index (χ0) is 13.4. The van der Waals surface area contributed by atoms with Crippen molar-refractivity contribution in [3.8, 4) is 0 Å². The Hall–Kier alpha value is -1.33. The maximum atomic E-state index is 11.4. The van der Waals surface area contributed by atoms with E-state index in [1.54, 1.807) is 12.3 Å².